The Morgan fingerprint density at radius 1 is 1.28 bits per heavy atom. The zero-order valence-corrected chi connectivity index (χ0v) is 10.6. The minimum absolute atomic E-state index is 0.137. The number of nitrogens with zero attached hydrogens (tertiary/aromatic N) is 2. The van der Waals surface area contributed by atoms with E-state index in [1.807, 2.05) is 25.1 Å². The number of methoxy groups -OCH3 is 1. The monoisotopic (exact) mass is 242 g/mol. The van der Waals surface area contributed by atoms with Gasteiger partial charge in [-0.15, -0.1) is 0 Å². The molecule has 0 saturated heterocycles. The minimum atomic E-state index is -0.137. The lowest BCUT2D eigenvalue weighted by Gasteiger charge is -2.07. The normalized spacial score (nSPS) is 10.2. The van der Waals surface area contributed by atoms with Crippen LogP contribution in [0.1, 0.15) is 23.1 Å². The van der Waals surface area contributed by atoms with Crippen molar-refractivity contribution in [2.24, 2.45) is 0 Å². The number of benzene rings is 1. The molecule has 1 aromatic heterocycles. The number of carbonyl (C=O) groups is 1. The number of ether oxygens (including phenoxy) is 1. The van der Waals surface area contributed by atoms with Gasteiger partial charge in [-0.25, -0.2) is 9.97 Å². The number of aromatic nitrogens is 2. The van der Waals surface area contributed by atoms with Crippen LogP contribution in [0.2, 0.25) is 0 Å². The second-order valence-electron chi connectivity index (χ2n) is 4.01. The highest BCUT2D eigenvalue weighted by atomic mass is 16.5. The molecule has 0 bridgehead atoms. The van der Waals surface area contributed by atoms with Gasteiger partial charge in [-0.1, -0.05) is 0 Å². The molecule has 1 aromatic carbocycles. The van der Waals surface area contributed by atoms with Gasteiger partial charge in [0.05, 0.1) is 12.8 Å². The van der Waals surface area contributed by atoms with Crippen molar-refractivity contribution in [3.05, 3.63) is 41.9 Å². The molecule has 4 heteroatoms. The van der Waals surface area contributed by atoms with E-state index in [0.717, 1.165) is 22.6 Å². The quantitative estimate of drug-likeness (QED) is 0.776. The van der Waals surface area contributed by atoms with Crippen LogP contribution in [0.25, 0.3) is 11.3 Å². The van der Waals surface area contributed by atoms with Gasteiger partial charge in [0.1, 0.15) is 5.75 Å². The van der Waals surface area contributed by atoms with E-state index in [1.165, 1.54) is 6.92 Å². The first kappa shape index (κ1) is 12.2. The highest BCUT2D eigenvalue weighted by Crippen LogP contribution is 2.24. The number of ketones is 1. The Morgan fingerprint density at radius 3 is 2.67 bits per heavy atom. The van der Waals surface area contributed by atoms with E-state index in [0.29, 0.717) is 0 Å². The summed E-state index contributed by atoms with van der Waals surface area (Å²) in [6.45, 7) is 3.42. The second-order valence-corrected chi connectivity index (χ2v) is 4.01. The van der Waals surface area contributed by atoms with Crippen LogP contribution in [-0.4, -0.2) is 22.9 Å². The highest BCUT2D eigenvalue weighted by Gasteiger charge is 2.07. The van der Waals surface area contributed by atoms with Crippen LogP contribution in [0.5, 0.6) is 5.75 Å². The average molecular weight is 242 g/mol. The van der Waals surface area contributed by atoms with Crippen LogP contribution in [0, 0.1) is 6.92 Å². The van der Waals surface area contributed by atoms with E-state index in [1.54, 1.807) is 19.4 Å². The molecule has 0 spiro atoms. The number of Topliss-reactive ketones (excluding diaryl/α,β-unsaturated/α-hetero) is 1. The molecule has 0 unspecified atom stereocenters. The van der Waals surface area contributed by atoms with Crippen molar-refractivity contribution in [1.29, 1.82) is 0 Å². The van der Waals surface area contributed by atoms with Gasteiger partial charge in [-0.05, 0) is 36.8 Å². The molecule has 0 aliphatic rings. The fourth-order valence-corrected chi connectivity index (χ4v) is 1.73. The summed E-state index contributed by atoms with van der Waals surface area (Å²) in [4.78, 5) is 19.4. The van der Waals surface area contributed by atoms with Crippen molar-refractivity contribution in [1.82, 2.24) is 9.97 Å². The topological polar surface area (TPSA) is 52.1 Å². The maximum absolute atomic E-state index is 11.3. The van der Waals surface area contributed by atoms with Crippen LogP contribution in [0.4, 0.5) is 0 Å². The molecule has 18 heavy (non-hydrogen) atoms. The van der Waals surface area contributed by atoms with Gasteiger partial charge in [0, 0.05) is 18.7 Å². The molecule has 0 N–H and O–H groups in total. The smallest absolute Gasteiger partial charge is 0.196 e. The molecule has 0 amide bonds. The lowest BCUT2D eigenvalue weighted by atomic mass is 10.1. The second kappa shape index (κ2) is 4.96. The van der Waals surface area contributed by atoms with Crippen molar-refractivity contribution in [3.8, 4) is 17.0 Å². The van der Waals surface area contributed by atoms with E-state index in [2.05, 4.69) is 9.97 Å². The molecule has 0 fully saturated rings. The summed E-state index contributed by atoms with van der Waals surface area (Å²) in [5.41, 5.74) is 2.71. The molecule has 4 nitrogen and oxygen atoms in total. The SMILES string of the molecule is COc1ccc(-c2ccnc(C(C)=O)n2)cc1C. The molecule has 1 heterocycles. The van der Waals surface area contributed by atoms with Crippen molar-refractivity contribution in [3.63, 3.8) is 0 Å². The summed E-state index contributed by atoms with van der Waals surface area (Å²) in [6.07, 6.45) is 1.60. The molecule has 0 saturated carbocycles. The Morgan fingerprint density at radius 2 is 2.06 bits per heavy atom. The number of rotatable bonds is 3. The fourth-order valence-electron chi connectivity index (χ4n) is 1.73. The summed E-state index contributed by atoms with van der Waals surface area (Å²) in [5.74, 6) is 0.933. The third kappa shape index (κ3) is 2.37. The predicted octanol–water partition coefficient (Wildman–Crippen LogP) is 2.66. The van der Waals surface area contributed by atoms with Crippen molar-refractivity contribution in [2.75, 3.05) is 7.11 Å². The van der Waals surface area contributed by atoms with Crippen molar-refractivity contribution >= 4 is 5.78 Å². The first-order chi connectivity index (χ1) is 8.61. The number of aryl methyl sites for hydroxylation is 1. The first-order valence-electron chi connectivity index (χ1n) is 5.61. The standard InChI is InChI=1S/C14H14N2O2/c1-9-8-11(4-5-13(9)18-3)12-6-7-15-14(16-12)10(2)17/h4-8H,1-3H3. The molecule has 92 valence electrons. The van der Waals surface area contributed by atoms with E-state index in [-0.39, 0.29) is 11.6 Å². The predicted molar refractivity (Wildman–Crippen MR) is 68.8 cm³/mol. The molecule has 0 aliphatic heterocycles. The summed E-state index contributed by atoms with van der Waals surface area (Å²) >= 11 is 0. The Kier molecular flexibility index (Phi) is 3.37. The molecule has 0 atom stereocenters. The largest absolute Gasteiger partial charge is 0.496 e. The molecule has 2 rings (SSSR count). The Hall–Kier alpha value is -2.23. The van der Waals surface area contributed by atoms with Gasteiger partial charge in [-0.2, -0.15) is 0 Å². The zero-order chi connectivity index (χ0) is 13.1. The van der Waals surface area contributed by atoms with Gasteiger partial charge in [0.15, 0.2) is 11.6 Å². The summed E-state index contributed by atoms with van der Waals surface area (Å²) in [5, 5.41) is 0. The number of carbonyl (C=O) groups excluding carboxylic acids is 1. The Bertz CT molecular complexity index is 594. The minimum Gasteiger partial charge on any atom is -0.496 e. The van der Waals surface area contributed by atoms with Crippen LogP contribution in [0.15, 0.2) is 30.5 Å². The van der Waals surface area contributed by atoms with Crippen molar-refractivity contribution < 1.29 is 9.53 Å². The number of hydrogen-bond donors (Lipinski definition) is 0. The molecule has 0 aliphatic carbocycles. The summed E-state index contributed by atoms with van der Waals surface area (Å²) in [6, 6.07) is 7.57. The molecule has 2 aromatic rings. The lowest BCUT2D eigenvalue weighted by molar-refractivity contribution is 0.100. The van der Waals surface area contributed by atoms with Crippen molar-refractivity contribution in [2.45, 2.75) is 13.8 Å². The van der Waals surface area contributed by atoms with E-state index < -0.39 is 0 Å². The third-order valence-corrected chi connectivity index (χ3v) is 2.66. The van der Waals surface area contributed by atoms with E-state index >= 15 is 0 Å². The van der Waals surface area contributed by atoms with Crippen LogP contribution in [0.3, 0.4) is 0 Å². The Balaban J connectivity index is 2.45. The zero-order valence-electron chi connectivity index (χ0n) is 10.6. The molecular formula is C14H14N2O2. The molecular weight excluding hydrogens is 228 g/mol. The van der Waals surface area contributed by atoms with Crippen LogP contribution >= 0.6 is 0 Å². The average Bonchev–Trinajstić information content (AvgIpc) is 2.38. The maximum atomic E-state index is 11.3. The highest BCUT2D eigenvalue weighted by molar-refractivity contribution is 5.90. The molecule has 0 radical (unpaired) electrons. The maximum Gasteiger partial charge on any atom is 0.196 e. The van der Waals surface area contributed by atoms with Gasteiger partial charge >= 0.3 is 0 Å². The van der Waals surface area contributed by atoms with Gasteiger partial charge < -0.3 is 4.74 Å². The van der Waals surface area contributed by atoms with Crippen LogP contribution < -0.4 is 4.74 Å². The lowest BCUT2D eigenvalue weighted by Crippen LogP contribution is -2.01. The van der Waals surface area contributed by atoms with Gasteiger partial charge in [0.25, 0.3) is 0 Å². The summed E-state index contributed by atoms with van der Waals surface area (Å²) < 4.78 is 5.21. The summed E-state index contributed by atoms with van der Waals surface area (Å²) in [7, 11) is 1.64. The van der Waals surface area contributed by atoms with E-state index in [9.17, 15) is 4.79 Å². The fraction of sp³-hybridized carbons (Fsp3) is 0.214. The number of hydrogen-bond acceptors (Lipinski definition) is 4. The first-order valence-corrected chi connectivity index (χ1v) is 5.61. The van der Waals surface area contributed by atoms with Gasteiger partial charge in [0.2, 0.25) is 0 Å². The third-order valence-electron chi connectivity index (χ3n) is 2.66. The Labute approximate surface area is 106 Å². The van der Waals surface area contributed by atoms with E-state index in [4.69, 9.17) is 4.74 Å². The van der Waals surface area contributed by atoms with Gasteiger partial charge in [-0.3, -0.25) is 4.79 Å². The van der Waals surface area contributed by atoms with Crippen LogP contribution in [-0.2, 0) is 0 Å².